The predicted octanol–water partition coefficient (Wildman–Crippen LogP) is 6.67. The van der Waals surface area contributed by atoms with Crippen LogP contribution >= 0.6 is 27.7 Å². The van der Waals surface area contributed by atoms with Gasteiger partial charge in [0.2, 0.25) is 0 Å². The fraction of sp³-hybridized carbons (Fsp3) is 0.480. The van der Waals surface area contributed by atoms with E-state index in [0.29, 0.717) is 13.2 Å². The zero-order valence-electron chi connectivity index (χ0n) is 19.2. The second kappa shape index (κ2) is 11.4. The highest BCUT2D eigenvalue weighted by Crippen LogP contribution is 2.32. The number of carbonyl (C=O) groups is 1. The van der Waals surface area contributed by atoms with Crippen molar-refractivity contribution < 1.29 is 19.0 Å². The van der Waals surface area contributed by atoms with Crippen LogP contribution in [0.25, 0.3) is 0 Å². The lowest BCUT2D eigenvalue weighted by Gasteiger charge is -2.34. The summed E-state index contributed by atoms with van der Waals surface area (Å²) in [5, 5.41) is 0. The van der Waals surface area contributed by atoms with Crippen molar-refractivity contribution in [1.29, 1.82) is 0 Å². The molecule has 1 atom stereocenters. The Morgan fingerprint density at radius 1 is 1.19 bits per heavy atom. The third kappa shape index (κ3) is 7.42. The fourth-order valence-electron chi connectivity index (χ4n) is 3.55. The number of carbonyl (C=O) groups excluding carboxylic acids is 1. The molecule has 1 heterocycles. The van der Waals surface area contributed by atoms with Crippen molar-refractivity contribution >= 4 is 33.8 Å². The third-order valence-electron chi connectivity index (χ3n) is 5.10. The molecule has 0 spiro atoms. The van der Waals surface area contributed by atoms with Crippen molar-refractivity contribution in [3.8, 4) is 5.75 Å². The molecular formula is C25H32BrNO4S. The first-order valence-corrected chi connectivity index (χ1v) is 12.7. The van der Waals surface area contributed by atoms with Crippen molar-refractivity contribution in [3.05, 3.63) is 58.1 Å². The Labute approximate surface area is 203 Å². The standard InChI is InChI=1S/C25H32BrNO4S/c1-25(2,3)31-24(28)27-13-7-9-21(15-27)30-16-18-8-5-6-10-23(18)32-17-19-14-20(26)11-12-22(19)29-4/h5-6,8,10-12,14,21H,7,9,13,15-17H2,1-4H3. The summed E-state index contributed by atoms with van der Waals surface area (Å²) in [6.07, 6.45) is 1.62. The number of likely N-dealkylation sites (tertiary alicyclic amines) is 1. The van der Waals surface area contributed by atoms with Crippen LogP contribution in [0.3, 0.4) is 0 Å². The van der Waals surface area contributed by atoms with Gasteiger partial charge in [-0.25, -0.2) is 4.79 Å². The monoisotopic (exact) mass is 521 g/mol. The van der Waals surface area contributed by atoms with Gasteiger partial charge in [-0.05, 0) is 63.4 Å². The first-order chi connectivity index (χ1) is 15.2. The minimum Gasteiger partial charge on any atom is -0.496 e. The maximum Gasteiger partial charge on any atom is 0.410 e. The van der Waals surface area contributed by atoms with E-state index in [1.54, 1.807) is 23.8 Å². The average molecular weight is 523 g/mol. The number of amides is 1. The Balaban J connectivity index is 1.58. The lowest BCUT2D eigenvalue weighted by molar-refractivity contribution is -0.0263. The molecule has 2 aromatic rings. The normalized spacial score (nSPS) is 16.7. The highest BCUT2D eigenvalue weighted by atomic mass is 79.9. The van der Waals surface area contributed by atoms with Crippen LogP contribution in [-0.4, -0.2) is 42.9 Å². The van der Waals surface area contributed by atoms with Crippen molar-refractivity contribution in [2.24, 2.45) is 0 Å². The Bertz CT molecular complexity index is 915. The summed E-state index contributed by atoms with van der Waals surface area (Å²) < 4.78 is 18.3. The number of ether oxygens (including phenoxy) is 3. The van der Waals surface area contributed by atoms with E-state index in [9.17, 15) is 4.79 Å². The molecule has 1 aliphatic rings. The van der Waals surface area contributed by atoms with E-state index in [0.717, 1.165) is 46.5 Å². The van der Waals surface area contributed by atoms with Crippen LogP contribution in [0.15, 0.2) is 51.8 Å². The summed E-state index contributed by atoms with van der Waals surface area (Å²) in [4.78, 5) is 15.4. The van der Waals surface area contributed by atoms with E-state index in [1.807, 2.05) is 39.0 Å². The predicted molar refractivity (Wildman–Crippen MR) is 132 cm³/mol. The maximum absolute atomic E-state index is 12.4. The van der Waals surface area contributed by atoms with E-state index in [-0.39, 0.29) is 12.2 Å². The smallest absolute Gasteiger partial charge is 0.410 e. The molecule has 32 heavy (non-hydrogen) atoms. The number of hydrogen-bond donors (Lipinski definition) is 0. The maximum atomic E-state index is 12.4. The number of hydrogen-bond acceptors (Lipinski definition) is 5. The van der Waals surface area contributed by atoms with Gasteiger partial charge in [-0.15, -0.1) is 11.8 Å². The molecule has 0 radical (unpaired) electrons. The summed E-state index contributed by atoms with van der Waals surface area (Å²) in [6, 6.07) is 14.4. The van der Waals surface area contributed by atoms with Gasteiger partial charge in [-0.2, -0.15) is 0 Å². The number of methoxy groups -OCH3 is 1. The van der Waals surface area contributed by atoms with Crippen LogP contribution in [0.2, 0.25) is 0 Å². The summed E-state index contributed by atoms with van der Waals surface area (Å²) in [6.45, 7) is 7.48. The zero-order valence-corrected chi connectivity index (χ0v) is 21.6. The van der Waals surface area contributed by atoms with Crippen LogP contribution in [-0.2, 0) is 21.8 Å². The number of nitrogens with zero attached hydrogens (tertiary/aromatic N) is 1. The van der Waals surface area contributed by atoms with Gasteiger partial charge in [-0.1, -0.05) is 34.1 Å². The number of halogens is 1. The van der Waals surface area contributed by atoms with Crippen LogP contribution in [0.5, 0.6) is 5.75 Å². The SMILES string of the molecule is COc1ccc(Br)cc1CSc1ccccc1COC1CCCN(C(=O)OC(C)(C)C)C1. The number of thioether (sulfide) groups is 1. The topological polar surface area (TPSA) is 48.0 Å². The molecule has 1 fully saturated rings. The van der Waals surface area contributed by atoms with Crippen molar-refractivity contribution in [1.82, 2.24) is 4.90 Å². The van der Waals surface area contributed by atoms with E-state index in [2.05, 4.69) is 40.2 Å². The number of rotatable bonds is 7. The Morgan fingerprint density at radius 3 is 2.72 bits per heavy atom. The molecule has 1 unspecified atom stereocenters. The number of benzene rings is 2. The van der Waals surface area contributed by atoms with Gasteiger partial charge in [0.1, 0.15) is 11.4 Å². The summed E-state index contributed by atoms with van der Waals surface area (Å²) in [7, 11) is 1.70. The van der Waals surface area contributed by atoms with Crippen LogP contribution in [0.1, 0.15) is 44.7 Å². The van der Waals surface area contributed by atoms with E-state index in [1.165, 1.54) is 4.90 Å². The van der Waals surface area contributed by atoms with Gasteiger partial charge >= 0.3 is 6.09 Å². The van der Waals surface area contributed by atoms with Gasteiger partial charge < -0.3 is 19.1 Å². The van der Waals surface area contributed by atoms with Crippen molar-refractivity contribution in [2.75, 3.05) is 20.2 Å². The molecule has 3 rings (SSSR count). The Morgan fingerprint density at radius 2 is 1.97 bits per heavy atom. The van der Waals surface area contributed by atoms with Gasteiger partial charge in [0.15, 0.2) is 0 Å². The zero-order chi connectivity index (χ0) is 23.1. The molecule has 2 aromatic carbocycles. The lowest BCUT2D eigenvalue weighted by atomic mass is 10.1. The molecule has 1 amide bonds. The molecule has 0 bridgehead atoms. The third-order valence-corrected chi connectivity index (χ3v) is 6.76. The second-order valence-corrected chi connectivity index (χ2v) is 10.8. The van der Waals surface area contributed by atoms with Crippen molar-refractivity contribution in [3.63, 3.8) is 0 Å². The van der Waals surface area contributed by atoms with E-state index < -0.39 is 5.60 Å². The van der Waals surface area contributed by atoms with Gasteiger partial charge in [0.25, 0.3) is 0 Å². The molecule has 5 nitrogen and oxygen atoms in total. The van der Waals surface area contributed by atoms with E-state index >= 15 is 0 Å². The minimum absolute atomic E-state index is 0.0134. The molecule has 0 aliphatic carbocycles. The molecule has 0 aromatic heterocycles. The largest absolute Gasteiger partial charge is 0.496 e. The first-order valence-electron chi connectivity index (χ1n) is 10.9. The molecule has 1 aliphatic heterocycles. The van der Waals surface area contributed by atoms with Crippen molar-refractivity contribution in [2.45, 2.75) is 62.6 Å². The molecule has 1 saturated heterocycles. The first kappa shape index (κ1) is 24.9. The number of piperidine rings is 1. The highest BCUT2D eigenvalue weighted by molar-refractivity contribution is 9.10. The summed E-state index contributed by atoms with van der Waals surface area (Å²) in [5.41, 5.74) is 1.81. The fourth-order valence-corrected chi connectivity index (χ4v) is 4.99. The summed E-state index contributed by atoms with van der Waals surface area (Å²) >= 11 is 5.32. The minimum atomic E-state index is -0.488. The second-order valence-electron chi connectivity index (χ2n) is 8.85. The molecule has 7 heteroatoms. The summed E-state index contributed by atoms with van der Waals surface area (Å²) in [5.74, 6) is 1.69. The molecule has 174 valence electrons. The van der Waals surface area contributed by atoms with Crippen LogP contribution < -0.4 is 4.74 Å². The molecular weight excluding hydrogens is 490 g/mol. The Hall–Kier alpha value is -1.70. The van der Waals surface area contributed by atoms with Gasteiger partial charge in [0, 0.05) is 27.2 Å². The van der Waals surface area contributed by atoms with E-state index in [4.69, 9.17) is 14.2 Å². The molecule has 0 N–H and O–H groups in total. The lowest BCUT2D eigenvalue weighted by Crippen LogP contribution is -2.45. The van der Waals surface area contributed by atoms with Gasteiger partial charge in [0.05, 0.1) is 26.4 Å². The van der Waals surface area contributed by atoms with Gasteiger partial charge in [-0.3, -0.25) is 0 Å². The molecule has 0 saturated carbocycles. The highest BCUT2D eigenvalue weighted by Gasteiger charge is 2.28. The average Bonchev–Trinajstić information content (AvgIpc) is 2.76. The van der Waals surface area contributed by atoms with Crippen LogP contribution in [0, 0.1) is 0 Å². The van der Waals surface area contributed by atoms with Crippen LogP contribution in [0.4, 0.5) is 4.79 Å². The quantitative estimate of drug-likeness (QED) is 0.381. The Kier molecular flexibility index (Phi) is 8.91.